The fourth-order valence-electron chi connectivity index (χ4n) is 1.33. The Hall–Kier alpha value is -0.580. The second-order valence-corrected chi connectivity index (χ2v) is 5.14. The normalized spacial score (nSPS) is 16.2. The summed E-state index contributed by atoms with van der Waals surface area (Å²) in [6.07, 6.45) is 0. The number of halogens is 1. The third-order valence-corrected chi connectivity index (χ3v) is 3.93. The van der Waals surface area contributed by atoms with E-state index in [9.17, 15) is 4.79 Å². The summed E-state index contributed by atoms with van der Waals surface area (Å²) in [4.78, 5) is 13.1. The quantitative estimate of drug-likeness (QED) is 0.760. The maximum Gasteiger partial charge on any atom is 0.238 e. The molecule has 1 aliphatic rings. The van der Waals surface area contributed by atoms with E-state index in [1.807, 2.05) is 24.3 Å². The summed E-state index contributed by atoms with van der Waals surface area (Å²) in [5.74, 6) is 0.508. The van der Waals surface area contributed by atoms with Crippen LogP contribution in [0.2, 0.25) is 5.02 Å². The Morgan fingerprint density at radius 2 is 2.20 bits per heavy atom. The molecule has 0 unspecified atom stereocenters. The highest BCUT2D eigenvalue weighted by molar-refractivity contribution is 8.23. The summed E-state index contributed by atoms with van der Waals surface area (Å²) in [6, 6.07) is 7.48. The van der Waals surface area contributed by atoms with Crippen LogP contribution in [0.3, 0.4) is 0 Å². The van der Waals surface area contributed by atoms with Crippen molar-refractivity contribution in [1.82, 2.24) is 4.90 Å². The molecule has 2 rings (SSSR count). The van der Waals surface area contributed by atoms with Crippen molar-refractivity contribution in [2.45, 2.75) is 6.54 Å². The maximum absolute atomic E-state index is 11.5. The van der Waals surface area contributed by atoms with Crippen LogP contribution in [-0.4, -0.2) is 20.9 Å². The van der Waals surface area contributed by atoms with Crippen LogP contribution in [-0.2, 0) is 11.3 Å². The molecule has 1 saturated heterocycles. The second-order valence-electron chi connectivity index (χ2n) is 3.13. The lowest BCUT2D eigenvalue weighted by molar-refractivity contribution is -0.124. The van der Waals surface area contributed by atoms with Crippen molar-refractivity contribution in [3.8, 4) is 0 Å². The molecule has 1 amide bonds. The van der Waals surface area contributed by atoms with Gasteiger partial charge in [-0.2, -0.15) is 0 Å². The Kier molecular flexibility index (Phi) is 3.29. The van der Waals surface area contributed by atoms with Gasteiger partial charge in [-0.3, -0.25) is 9.69 Å². The standard InChI is InChI=1S/C10H8ClNOS2/c11-8-4-2-1-3-7(8)5-12-9(13)6-15-10(12)14/h1-4H,5-6H2. The van der Waals surface area contributed by atoms with E-state index in [1.165, 1.54) is 11.8 Å². The van der Waals surface area contributed by atoms with E-state index in [2.05, 4.69) is 0 Å². The molecular formula is C10H8ClNOS2. The number of carbonyl (C=O) groups excluding carboxylic acids is 1. The van der Waals surface area contributed by atoms with Gasteiger partial charge < -0.3 is 0 Å². The van der Waals surface area contributed by atoms with E-state index in [4.69, 9.17) is 23.8 Å². The fraction of sp³-hybridized carbons (Fsp3) is 0.200. The van der Waals surface area contributed by atoms with Crippen molar-refractivity contribution in [3.63, 3.8) is 0 Å². The van der Waals surface area contributed by atoms with E-state index in [0.29, 0.717) is 21.6 Å². The Morgan fingerprint density at radius 3 is 2.80 bits per heavy atom. The highest BCUT2D eigenvalue weighted by atomic mass is 35.5. The number of hydrogen-bond donors (Lipinski definition) is 0. The number of rotatable bonds is 2. The highest BCUT2D eigenvalue weighted by Crippen LogP contribution is 2.24. The van der Waals surface area contributed by atoms with Crippen LogP contribution in [0.1, 0.15) is 5.56 Å². The molecule has 0 aromatic heterocycles. The monoisotopic (exact) mass is 257 g/mol. The first-order chi connectivity index (χ1) is 7.18. The molecule has 78 valence electrons. The first-order valence-corrected chi connectivity index (χ1v) is 6.16. The molecule has 0 N–H and O–H groups in total. The third-order valence-electron chi connectivity index (χ3n) is 2.13. The van der Waals surface area contributed by atoms with Gasteiger partial charge >= 0.3 is 0 Å². The van der Waals surface area contributed by atoms with Gasteiger partial charge in [-0.05, 0) is 11.6 Å². The maximum atomic E-state index is 11.5. The van der Waals surface area contributed by atoms with E-state index in [1.54, 1.807) is 4.90 Å². The fourth-order valence-corrected chi connectivity index (χ4v) is 2.59. The minimum absolute atomic E-state index is 0.0601. The minimum Gasteiger partial charge on any atom is -0.292 e. The predicted octanol–water partition coefficient (Wildman–Crippen LogP) is 2.70. The first kappa shape index (κ1) is 10.9. The Morgan fingerprint density at radius 1 is 1.47 bits per heavy atom. The molecular weight excluding hydrogens is 250 g/mol. The lowest BCUT2D eigenvalue weighted by Crippen LogP contribution is -2.27. The van der Waals surface area contributed by atoms with Crippen LogP contribution in [0.4, 0.5) is 0 Å². The van der Waals surface area contributed by atoms with Crippen molar-refractivity contribution in [3.05, 3.63) is 34.9 Å². The lowest BCUT2D eigenvalue weighted by atomic mass is 10.2. The molecule has 0 spiro atoms. The molecule has 1 aromatic carbocycles. The molecule has 2 nitrogen and oxygen atoms in total. The molecule has 5 heteroatoms. The zero-order valence-corrected chi connectivity index (χ0v) is 10.2. The molecule has 0 atom stereocenters. The summed E-state index contributed by atoms with van der Waals surface area (Å²) in [5, 5.41) is 0.671. The van der Waals surface area contributed by atoms with Crippen molar-refractivity contribution in [1.29, 1.82) is 0 Å². The molecule has 1 aromatic rings. The van der Waals surface area contributed by atoms with E-state index < -0.39 is 0 Å². The van der Waals surface area contributed by atoms with E-state index in [-0.39, 0.29) is 5.91 Å². The van der Waals surface area contributed by atoms with Crippen molar-refractivity contribution >= 4 is 45.8 Å². The van der Waals surface area contributed by atoms with Crippen molar-refractivity contribution < 1.29 is 4.79 Å². The average molecular weight is 258 g/mol. The van der Waals surface area contributed by atoms with Crippen molar-refractivity contribution in [2.24, 2.45) is 0 Å². The van der Waals surface area contributed by atoms with Gasteiger partial charge in [0.1, 0.15) is 4.32 Å². The van der Waals surface area contributed by atoms with Gasteiger partial charge in [0.05, 0.1) is 12.3 Å². The molecule has 0 saturated carbocycles. The molecule has 15 heavy (non-hydrogen) atoms. The summed E-state index contributed by atoms with van der Waals surface area (Å²) >= 11 is 12.5. The molecule has 1 aliphatic heterocycles. The molecule has 0 aliphatic carbocycles. The SMILES string of the molecule is O=C1CSC(=S)N1Cc1ccccc1Cl. The Labute approximate surface area is 103 Å². The predicted molar refractivity (Wildman–Crippen MR) is 67.1 cm³/mol. The third kappa shape index (κ3) is 2.33. The number of nitrogens with zero attached hydrogens (tertiary/aromatic N) is 1. The number of hydrogen-bond acceptors (Lipinski definition) is 3. The van der Waals surface area contributed by atoms with Crippen LogP contribution in [0.25, 0.3) is 0 Å². The van der Waals surface area contributed by atoms with Crippen LogP contribution < -0.4 is 0 Å². The van der Waals surface area contributed by atoms with Gasteiger partial charge in [0.25, 0.3) is 0 Å². The summed E-state index contributed by atoms with van der Waals surface area (Å²) in [5.41, 5.74) is 0.928. The second kappa shape index (κ2) is 4.51. The molecule has 0 radical (unpaired) electrons. The first-order valence-electron chi connectivity index (χ1n) is 4.39. The summed E-state index contributed by atoms with van der Waals surface area (Å²) in [7, 11) is 0. The largest absolute Gasteiger partial charge is 0.292 e. The van der Waals surface area contributed by atoms with Gasteiger partial charge in [-0.1, -0.05) is 53.8 Å². The molecule has 1 heterocycles. The van der Waals surface area contributed by atoms with Crippen LogP contribution in [0.5, 0.6) is 0 Å². The number of carbonyl (C=O) groups is 1. The molecule has 1 fully saturated rings. The lowest BCUT2D eigenvalue weighted by Gasteiger charge is -2.15. The van der Waals surface area contributed by atoms with Gasteiger partial charge in [-0.25, -0.2) is 0 Å². The Bertz CT molecular complexity index is 406. The van der Waals surface area contributed by atoms with Gasteiger partial charge in [0.2, 0.25) is 5.91 Å². The topological polar surface area (TPSA) is 20.3 Å². The van der Waals surface area contributed by atoms with Gasteiger partial charge in [-0.15, -0.1) is 0 Å². The van der Waals surface area contributed by atoms with Gasteiger partial charge in [0, 0.05) is 5.02 Å². The van der Waals surface area contributed by atoms with E-state index >= 15 is 0 Å². The van der Waals surface area contributed by atoms with Crippen LogP contribution in [0, 0.1) is 0 Å². The zero-order chi connectivity index (χ0) is 10.8. The Balaban J connectivity index is 2.18. The van der Waals surface area contributed by atoms with Gasteiger partial charge in [0.15, 0.2) is 0 Å². The highest BCUT2D eigenvalue weighted by Gasteiger charge is 2.26. The van der Waals surface area contributed by atoms with E-state index in [0.717, 1.165) is 5.56 Å². The van der Waals surface area contributed by atoms with Crippen molar-refractivity contribution in [2.75, 3.05) is 5.75 Å². The van der Waals surface area contributed by atoms with Crippen LogP contribution >= 0.6 is 35.6 Å². The summed E-state index contributed by atoms with van der Waals surface area (Å²) in [6.45, 7) is 0.477. The molecule has 0 bridgehead atoms. The smallest absolute Gasteiger partial charge is 0.238 e. The average Bonchev–Trinajstić information content (AvgIpc) is 2.53. The number of thiocarbonyl (C=S) groups is 1. The number of thioether (sulfide) groups is 1. The minimum atomic E-state index is 0.0601. The number of benzene rings is 1. The van der Waals surface area contributed by atoms with Crippen LogP contribution in [0.15, 0.2) is 24.3 Å². The number of amides is 1. The summed E-state index contributed by atoms with van der Waals surface area (Å²) < 4.78 is 0.639. The zero-order valence-electron chi connectivity index (χ0n) is 7.77.